The minimum absolute atomic E-state index is 0.166. The average molecular weight is 430 g/mol. The zero-order valence-electron chi connectivity index (χ0n) is 17.8. The standard InChI is InChI=1S/C22H26N2O7/c1-4-29-19(26)15-6-5-11-24(13-15)18(25)14-7-9-16(10-8-14)23-12-17-20(27)30-22(2,3)31-21(17)28/h7-10,12,15,23H,4-6,11,13H2,1-3H3. The fraction of sp³-hybridized carbons (Fsp3) is 0.455. The summed E-state index contributed by atoms with van der Waals surface area (Å²) in [7, 11) is 0. The number of anilines is 1. The molecule has 0 aliphatic carbocycles. The van der Waals surface area contributed by atoms with Gasteiger partial charge in [0, 0.05) is 44.4 Å². The number of carbonyl (C=O) groups is 4. The van der Waals surface area contributed by atoms with Crippen LogP contribution >= 0.6 is 0 Å². The Bertz CT molecular complexity index is 883. The highest BCUT2D eigenvalue weighted by molar-refractivity contribution is 6.15. The molecule has 1 aromatic carbocycles. The van der Waals surface area contributed by atoms with Gasteiger partial charge in [-0.05, 0) is 44.0 Å². The van der Waals surface area contributed by atoms with Crippen LogP contribution in [0.2, 0.25) is 0 Å². The summed E-state index contributed by atoms with van der Waals surface area (Å²) >= 11 is 0. The lowest BCUT2D eigenvalue weighted by atomic mass is 9.97. The van der Waals surface area contributed by atoms with Gasteiger partial charge in [-0.25, -0.2) is 9.59 Å². The number of benzene rings is 1. The van der Waals surface area contributed by atoms with Crippen molar-refractivity contribution in [2.24, 2.45) is 5.92 Å². The van der Waals surface area contributed by atoms with Gasteiger partial charge in [-0.2, -0.15) is 0 Å². The number of amides is 1. The number of cyclic esters (lactones) is 2. The fourth-order valence-electron chi connectivity index (χ4n) is 3.44. The van der Waals surface area contributed by atoms with Gasteiger partial charge < -0.3 is 24.4 Å². The third-order valence-electron chi connectivity index (χ3n) is 4.96. The van der Waals surface area contributed by atoms with Gasteiger partial charge in [0.25, 0.3) is 11.7 Å². The van der Waals surface area contributed by atoms with Crippen LogP contribution in [0.15, 0.2) is 36.0 Å². The molecule has 1 amide bonds. The number of piperidine rings is 1. The zero-order valence-corrected chi connectivity index (χ0v) is 17.8. The molecular formula is C22H26N2O7. The molecule has 0 spiro atoms. The number of nitrogens with one attached hydrogen (secondary N) is 1. The zero-order chi connectivity index (χ0) is 22.6. The first kappa shape index (κ1) is 22.3. The fourth-order valence-corrected chi connectivity index (χ4v) is 3.44. The molecule has 2 aliphatic rings. The van der Waals surface area contributed by atoms with E-state index in [2.05, 4.69) is 5.32 Å². The lowest BCUT2D eigenvalue weighted by molar-refractivity contribution is -0.222. The van der Waals surface area contributed by atoms with E-state index in [-0.39, 0.29) is 23.4 Å². The highest BCUT2D eigenvalue weighted by Gasteiger charge is 2.39. The second kappa shape index (κ2) is 9.20. The van der Waals surface area contributed by atoms with Crippen LogP contribution in [0.3, 0.4) is 0 Å². The topological polar surface area (TPSA) is 111 Å². The number of esters is 3. The Morgan fingerprint density at radius 2 is 1.84 bits per heavy atom. The van der Waals surface area contributed by atoms with Crippen molar-refractivity contribution in [2.45, 2.75) is 39.4 Å². The molecule has 2 fully saturated rings. The Balaban J connectivity index is 1.62. The quantitative estimate of drug-likeness (QED) is 0.430. The Kier molecular flexibility index (Phi) is 6.62. The average Bonchev–Trinajstić information content (AvgIpc) is 2.72. The van der Waals surface area contributed by atoms with Gasteiger partial charge in [-0.3, -0.25) is 9.59 Å². The summed E-state index contributed by atoms with van der Waals surface area (Å²) in [6, 6.07) is 6.58. The Morgan fingerprint density at radius 1 is 1.19 bits per heavy atom. The Labute approximate surface area is 180 Å². The van der Waals surface area contributed by atoms with Gasteiger partial charge in [0.05, 0.1) is 12.5 Å². The van der Waals surface area contributed by atoms with Crippen molar-refractivity contribution < 1.29 is 33.4 Å². The van der Waals surface area contributed by atoms with Gasteiger partial charge in [-0.15, -0.1) is 0 Å². The lowest BCUT2D eigenvalue weighted by Gasteiger charge is -2.31. The number of carbonyl (C=O) groups excluding carboxylic acids is 4. The SMILES string of the molecule is CCOC(=O)C1CCCN(C(=O)c2ccc(NC=C3C(=O)OC(C)(C)OC3=O)cc2)C1. The summed E-state index contributed by atoms with van der Waals surface area (Å²) in [6.45, 7) is 5.95. The van der Waals surface area contributed by atoms with Crippen LogP contribution in [0.1, 0.15) is 44.0 Å². The molecule has 2 saturated heterocycles. The summed E-state index contributed by atoms with van der Waals surface area (Å²) in [5.41, 5.74) is 0.788. The summed E-state index contributed by atoms with van der Waals surface area (Å²) in [5, 5.41) is 2.83. The number of hydrogen-bond donors (Lipinski definition) is 1. The third kappa shape index (κ3) is 5.42. The van der Waals surface area contributed by atoms with Crippen molar-refractivity contribution in [3.63, 3.8) is 0 Å². The molecule has 2 heterocycles. The van der Waals surface area contributed by atoms with Gasteiger partial charge >= 0.3 is 17.9 Å². The molecule has 31 heavy (non-hydrogen) atoms. The number of nitrogens with zero attached hydrogens (tertiary/aromatic N) is 1. The molecule has 1 aromatic rings. The first-order valence-corrected chi connectivity index (χ1v) is 10.2. The van der Waals surface area contributed by atoms with Crippen LogP contribution in [-0.2, 0) is 28.6 Å². The van der Waals surface area contributed by atoms with Crippen molar-refractivity contribution in [3.8, 4) is 0 Å². The number of likely N-dealkylation sites (tertiary alicyclic amines) is 1. The summed E-state index contributed by atoms with van der Waals surface area (Å²) < 4.78 is 15.1. The van der Waals surface area contributed by atoms with E-state index in [9.17, 15) is 19.2 Å². The summed E-state index contributed by atoms with van der Waals surface area (Å²) in [6.07, 6.45) is 2.67. The van der Waals surface area contributed by atoms with Gasteiger partial charge in [-0.1, -0.05) is 0 Å². The third-order valence-corrected chi connectivity index (χ3v) is 4.96. The maximum atomic E-state index is 12.8. The molecule has 0 aromatic heterocycles. The molecule has 1 atom stereocenters. The maximum Gasteiger partial charge on any atom is 0.350 e. The van der Waals surface area contributed by atoms with Crippen molar-refractivity contribution in [2.75, 3.05) is 25.0 Å². The molecule has 2 aliphatic heterocycles. The maximum absolute atomic E-state index is 12.8. The van der Waals surface area contributed by atoms with Crippen LogP contribution in [0.5, 0.6) is 0 Å². The highest BCUT2D eigenvalue weighted by Crippen LogP contribution is 2.23. The molecule has 9 heteroatoms. The molecular weight excluding hydrogens is 404 g/mol. The van der Waals surface area contributed by atoms with Crippen LogP contribution in [-0.4, -0.2) is 54.2 Å². The molecule has 1 N–H and O–H groups in total. The normalized spacial score (nSPS) is 20.4. The molecule has 1 unspecified atom stereocenters. The predicted octanol–water partition coefficient (Wildman–Crippen LogP) is 2.23. The smallest absolute Gasteiger partial charge is 0.350 e. The predicted molar refractivity (Wildman–Crippen MR) is 110 cm³/mol. The Hall–Kier alpha value is -3.36. The molecule has 3 rings (SSSR count). The summed E-state index contributed by atoms with van der Waals surface area (Å²) in [5.74, 6) is -3.58. The van der Waals surface area contributed by atoms with Crippen LogP contribution < -0.4 is 5.32 Å². The first-order chi connectivity index (χ1) is 14.7. The number of ether oxygens (including phenoxy) is 3. The van der Waals surface area contributed by atoms with Crippen molar-refractivity contribution in [1.29, 1.82) is 0 Å². The van der Waals surface area contributed by atoms with E-state index in [0.29, 0.717) is 37.4 Å². The first-order valence-electron chi connectivity index (χ1n) is 10.2. The number of rotatable bonds is 5. The number of hydrogen-bond acceptors (Lipinski definition) is 8. The Morgan fingerprint density at radius 3 is 2.45 bits per heavy atom. The second-order valence-electron chi connectivity index (χ2n) is 7.80. The minimum atomic E-state index is -1.30. The van der Waals surface area contributed by atoms with E-state index < -0.39 is 17.7 Å². The van der Waals surface area contributed by atoms with E-state index >= 15 is 0 Å². The van der Waals surface area contributed by atoms with E-state index in [0.717, 1.165) is 6.42 Å². The molecule has 0 bridgehead atoms. The minimum Gasteiger partial charge on any atom is -0.466 e. The van der Waals surface area contributed by atoms with Gasteiger partial charge in [0.1, 0.15) is 0 Å². The summed E-state index contributed by atoms with van der Waals surface area (Å²) in [4.78, 5) is 50.4. The molecule has 0 saturated carbocycles. The van der Waals surface area contributed by atoms with Gasteiger partial charge in [0.15, 0.2) is 5.57 Å². The van der Waals surface area contributed by atoms with E-state index in [1.165, 1.54) is 20.0 Å². The monoisotopic (exact) mass is 430 g/mol. The molecule has 166 valence electrons. The van der Waals surface area contributed by atoms with Crippen molar-refractivity contribution in [1.82, 2.24) is 4.90 Å². The van der Waals surface area contributed by atoms with E-state index in [4.69, 9.17) is 14.2 Å². The second-order valence-corrected chi connectivity index (χ2v) is 7.80. The molecule has 9 nitrogen and oxygen atoms in total. The van der Waals surface area contributed by atoms with E-state index in [1.54, 1.807) is 36.1 Å². The van der Waals surface area contributed by atoms with Crippen molar-refractivity contribution >= 4 is 29.5 Å². The van der Waals surface area contributed by atoms with Gasteiger partial charge in [0.2, 0.25) is 0 Å². The highest BCUT2D eigenvalue weighted by atomic mass is 16.7. The van der Waals surface area contributed by atoms with Crippen LogP contribution in [0.4, 0.5) is 5.69 Å². The van der Waals surface area contributed by atoms with Crippen molar-refractivity contribution in [3.05, 3.63) is 41.6 Å². The lowest BCUT2D eigenvalue weighted by Crippen LogP contribution is -2.42. The largest absolute Gasteiger partial charge is 0.466 e. The molecule has 0 radical (unpaired) electrons. The van der Waals surface area contributed by atoms with Crippen LogP contribution in [0, 0.1) is 5.92 Å². The van der Waals surface area contributed by atoms with E-state index in [1.807, 2.05) is 0 Å². The van der Waals surface area contributed by atoms with Crippen LogP contribution in [0.25, 0.3) is 0 Å².